The zero-order chi connectivity index (χ0) is 14.5. The predicted octanol–water partition coefficient (Wildman–Crippen LogP) is 4.13. The summed E-state index contributed by atoms with van der Waals surface area (Å²) in [5, 5.41) is 0.943. The summed E-state index contributed by atoms with van der Waals surface area (Å²) in [6.07, 6.45) is 0. The van der Waals surface area contributed by atoms with Gasteiger partial charge in [-0.1, -0.05) is 53.5 Å². The molecule has 0 aliphatic carbocycles. The van der Waals surface area contributed by atoms with Gasteiger partial charge < -0.3 is 0 Å². The fourth-order valence-electron chi connectivity index (χ4n) is 1.75. The van der Waals surface area contributed by atoms with Crippen molar-refractivity contribution in [3.05, 3.63) is 69.7 Å². The third-order valence-electron chi connectivity index (χ3n) is 2.74. The molecule has 2 aromatic carbocycles. The molecule has 0 radical (unpaired) electrons. The second-order valence-electron chi connectivity index (χ2n) is 4.22. The Labute approximate surface area is 130 Å². The molecule has 0 N–H and O–H groups in total. The van der Waals surface area contributed by atoms with E-state index >= 15 is 0 Å². The molecule has 0 aromatic heterocycles. The van der Waals surface area contributed by atoms with Crippen LogP contribution in [0.4, 0.5) is 0 Å². The van der Waals surface area contributed by atoms with Crippen LogP contribution in [0.25, 0.3) is 0 Å². The number of carbonyl (C=O) groups excluding carboxylic acids is 1. The summed E-state index contributed by atoms with van der Waals surface area (Å²) in [5.41, 5.74) is 1.18. The van der Waals surface area contributed by atoms with Gasteiger partial charge in [0.05, 0.1) is 16.5 Å². The van der Waals surface area contributed by atoms with E-state index in [9.17, 15) is 9.00 Å². The number of Topliss-reactive ketones (excluding diaryl/α,β-unsaturated/α-hetero) is 1. The highest BCUT2D eigenvalue weighted by atomic mass is 35.5. The van der Waals surface area contributed by atoms with Crippen molar-refractivity contribution >= 4 is 39.8 Å². The number of hydrogen-bond acceptors (Lipinski definition) is 2. The first-order valence-electron chi connectivity index (χ1n) is 5.94. The number of benzene rings is 2. The van der Waals surface area contributed by atoms with E-state index in [4.69, 9.17) is 23.2 Å². The van der Waals surface area contributed by atoms with Crippen molar-refractivity contribution in [2.24, 2.45) is 0 Å². The highest BCUT2D eigenvalue weighted by Crippen LogP contribution is 2.19. The first-order chi connectivity index (χ1) is 9.58. The second-order valence-corrected chi connectivity index (χ2v) is 6.49. The summed E-state index contributed by atoms with van der Waals surface area (Å²) in [6.45, 7) is 0. The fourth-order valence-corrected chi connectivity index (χ4v) is 3.42. The smallest absolute Gasteiger partial charge is 0.176 e. The van der Waals surface area contributed by atoms with Gasteiger partial charge in [-0.3, -0.25) is 9.00 Å². The summed E-state index contributed by atoms with van der Waals surface area (Å²) in [5.74, 6) is -0.0221. The van der Waals surface area contributed by atoms with Crippen molar-refractivity contribution in [3.8, 4) is 0 Å². The number of halogens is 2. The molecule has 0 aliphatic rings. The molecular formula is C15H12Cl2O2S. The summed E-state index contributed by atoms with van der Waals surface area (Å²) in [6, 6.07) is 13.9. The largest absolute Gasteiger partial charge is 0.293 e. The Morgan fingerprint density at radius 1 is 0.950 bits per heavy atom. The topological polar surface area (TPSA) is 34.1 Å². The van der Waals surface area contributed by atoms with Crippen molar-refractivity contribution in [2.75, 3.05) is 5.75 Å². The molecule has 2 aromatic rings. The van der Waals surface area contributed by atoms with Crippen LogP contribution in [0, 0.1) is 0 Å². The fraction of sp³-hybridized carbons (Fsp3) is 0.133. The van der Waals surface area contributed by atoms with Gasteiger partial charge in [0.15, 0.2) is 5.78 Å². The molecule has 0 amide bonds. The summed E-state index contributed by atoms with van der Waals surface area (Å²) in [7, 11) is -1.31. The lowest BCUT2D eigenvalue weighted by Gasteiger charge is -2.05. The predicted molar refractivity (Wildman–Crippen MR) is 83.9 cm³/mol. The lowest BCUT2D eigenvalue weighted by Crippen LogP contribution is -2.13. The summed E-state index contributed by atoms with van der Waals surface area (Å²) in [4.78, 5) is 12.0. The Bertz CT molecular complexity index is 656. The molecule has 0 fully saturated rings. The van der Waals surface area contributed by atoms with Crippen LogP contribution in [0.5, 0.6) is 0 Å². The number of carbonyl (C=O) groups is 1. The van der Waals surface area contributed by atoms with Crippen LogP contribution < -0.4 is 0 Å². The van der Waals surface area contributed by atoms with E-state index in [0.29, 0.717) is 15.6 Å². The third kappa shape index (κ3) is 3.92. The van der Waals surface area contributed by atoms with Gasteiger partial charge in [0.2, 0.25) is 0 Å². The van der Waals surface area contributed by atoms with Gasteiger partial charge in [0.1, 0.15) is 0 Å². The first-order valence-corrected chi connectivity index (χ1v) is 8.18. The average Bonchev–Trinajstić information content (AvgIpc) is 2.41. The van der Waals surface area contributed by atoms with Crippen molar-refractivity contribution in [1.29, 1.82) is 0 Å². The van der Waals surface area contributed by atoms with E-state index in [1.165, 1.54) is 0 Å². The van der Waals surface area contributed by atoms with Gasteiger partial charge in [0.25, 0.3) is 0 Å². The molecule has 0 bridgehead atoms. The van der Waals surface area contributed by atoms with Gasteiger partial charge in [-0.25, -0.2) is 0 Å². The Hall–Kier alpha value is -1.16. The van der Waals surface area contributed by atoms with Crippen molar-refractivity contribution in [3.63, 3.8) is 0 Å². The van der Waals surface area contributed by atoms with Gasteiger partial charge >= 0.3 is 0 Å². The van der Waals surface area contributed by atoms with Crippen LogP contribution in [0.2, 0.25) is 10.0 Å². The van der Waals surface area contributed by atoms with Crippen molar-refractivity contribution in [1.82, 2.24) is 0 Å². The maximum absolute atomic E-state index is 12.0. The SMILES string of the molecule is O=C(CS(=O)Cc1ccccc1Cl)c1ccccc1Cl. The van der Waals surface area contributed by atoms with Gasteiger partial charge in [-0.15, -0.1) is 0 Å². The number of ketones is 1. The standard InChI is InChI=1S/C15H12Cl2O2S/c16-13-7-3-1-5-11(13)9-20(19)10-15(18)12-6-2-4-8-14(12)17/h1-8H,9-10H2. The number of rotatable bonds is 5. The van der Waals surface area contributed by atoms with Crippen molar-refractivity contribution < 1.29 is 9.00 Å². The van der Waals surface area contributed by atoms with E-state index in [1.54, 1.807) is 36.4 Å². The van der Waals surface area contributed by atoms with Gasteiger partial charge in [-0.05, 0) is 23.8 Å². The van der Waals surface area contributed by atoms with E-state index in [1.807, 2.05) is 12.1 Å². The van der Waals surface area contributed by atoms with E-state index in [2.05, 4.69) is 0 Å². The molecule has 0 aliphatic heterocycles. The summed E-state index contributed by atoms with van der Waals surface area (Å²) >= 11 is 12.0. The highest BCUT2D eigenvalue weighted by Gasteiger charge is 2.14. The van der Waals surface area contributed by atoms with E-state index in [0.717, 1.165) is 5.56 Å². The maximum Gasteiger partial charge on any atom is 0.176 e. The molecule has 2 nitrogen and oxygen atoms in total. The molecule has 104 valence electrons. The molecule has 2 rings (SSSR count). The molecule has 0 heterocycles. The molecule has 5 heteroatoms. The minimum absolute atomic E-state index is 0.0606. The molecule has 0 saturated heterocycles. The van der Waals surface area contributed by atoms with Crippen LogP contribution in [0.1, 0.15) is 15.9 Å². The molecular weight excluding hydrogens is 315 g/mol. The molecule has 0 saturated carbocycles. The summed E-state index contributed by atoms with van der Waals surface area (Å²) < 4.78 is 12.0. The van der Waals surface area contributed by atoms with E-state index in [-0.39, 0.29) is 17.3 Å². The monoisotopic (exact) mass is 326 g/mol. The highest BCUT2D eigenvalue weighted by molar-refractivity contribution is 7.85. The lowest BCUT2D eigenvalue weighted by atomic mass is 10.1. The Kier molecular flexibility index (Phi) is 5.35. The minimum atomic E-state index is -1.31. The van der Waals surface area contributed by atoms with Crippen LogP contribution in [0.3, 0.4) is 0 Å². The molecule has 20 heavy (non-hydrogen) atoms. The zero-order valence-corrected chi connectivity index (χ0v) is 12.8. The van der Waals surface area contributed by atoms with E-state index < -0.39 is 10.8 Å². The third-order valence-corrected chi connectivity index (χ3v) is 4.66. The first kappa shape index (κ1) is 15.2. The van der Waals surface area contributed by atoms with Gasteiger partial charge in [-0.2, -0.15) is 0 Å². The maximum atomic E-state index is 12.0. The van der Waals surface area contributed by atoms with Crippen LogP contribution in [0.15, 0.2) is 48.5 Å². The molecule has 1 unspecified atom stereocenters. The second kappa shape index (κ2) is 7.02. The van der Waals surface area contributed by atoms with Crippen LogP contribution >= 0.6 is 23.2 Å². The average molecular weight is 327 g/mol. The Morgan fingerprint density at radius 2 is 1.55 bits per heavy atom. The minimum Gasteiger partial charge on any atom is -0.293 e. The van der Waals surface area contributed by atoms with Crippen molar-refractivity contribution in [2.45, 2.75) is 5.75 Å². The zero-order valence-electron chi connectivity index (χ0n) is 10.5. The number of hydrogen-bond donors (Lipinski definition) is 0. The lowest BCUT2D eigenvalue weighted by molar-refractivity contribution is 0.102. The molecule has 1 atom stereocenters. The Balaban J connectivity index is 2.04. The normalized spacial score (nSPS) is 12.1. The van der Waals surface area contributed by atoms with Crippen LogP contribution in [-0.2, 0) is 16.6 Å². The Morgan fingerprint density at radius 3 is 2.20 bits per heavy atom. The molecule has 0 spiro atoms. The van der Waals surface area contributed by atoms with Gasteiger partial charge in [0, 0.05) is 21.4 Å². The van der Waals surface area contributed by atoms with Crippen LogP contribution in [-0.4, -0.2) is 15.7 Å². The quantitative estimate of drug-likeness (QED) is 0.774.